The Hall–Kier alpha value is -5.12. The summed E-state index contributed by atoms with van der Waals surface area (Å²) in [5.41, 5.74) is -1.27. The number of hydrogen-bond acceptors (Lipinski definition) is 10. The lowest BCUT2D eigenvalue weighted by Crippen LogP contribution is -2.24. The highest BCUT2D eigenvalue weighted by Crippen LogP contribution is 2.52. The third-order valence-electron chi connectivity index (χ3n) is 6.82. The first-order chi connectivity index (χ1) is 18.0. The molecule has 4 aromatic carbocycles. The number of benzene rings is 4. The largest absolute Gasteiger partial charge is 0.507 e. The number of phenolic OH excluding ortho intramolecular Hbond substituents is 5. The minimum atomic E-state index is -0.768. The van der Waals surface area contributed by atoms with Crippen LogP contribution in [0.3, 0.4) is 0 Å². The van der Waals surface area contributed by atoms with Gasteiger partial charge in [-0.15, -0.1) is 0 Å². The predicted molar refractivity (Wildman–Crippen MR) is 137 cm³/mol. The Morgan fingerprint density at radius 3 is 2.08 bits per heavy atom. The molecule has 1 aromatic heterocycles. The highest BCUT2D eigenvalue weighted by atomic mass is 16.5. The summed E-state index contributed by atoms with van der Waals surface area (Å²) in [6.45, 7) is 3.23. The van der Waals surface area contributed by atoms with Crippen molar-refractivity contribution < 1.29 is 44.6 Å². The number of ether oxygens (including phenoxy) is 1. The van der Waals surface area contributed by atoms with Crippen LogP contribution in [0, 0.1) is 6.92 Å². The lowest BCUT2D eigenvalue weighted by Gasteiger charge is -2.25. The van der Waals surface area contributed by atoms with Crippen molar-refractivity contribution >= 4 is 38.3 Å². The molecule has 0 fully saturated rings. The van der Waals surface area contributed by atoms with Gasteiger partial charge in [-0.1, -0.05) is 0 Å². The Bertz CT molecular complexity index is 1950. The molecule has 5 aromatic rings. The third kappa shape index (κ3) is 3.06. The second-order valence-electron chi connectivity index (χ2n) is 9.40. The lowest BCUT2D eigenvalue weighted by molar-refractivity contribution is 0.0867. The molecule has 192 valence electrons. The highest BCUT2D eigenvalue weighted by Gasteiger charge is 2.32. The minimum Gasteiger partial charge on any atom is -0.507 e. The molecule has 1 aliphatic rings. The minimum absolute atomic E-state index is 0.00405. The van der Waals surface area contributed by atoms with E-state index in [0.29, 0.717) is 5.76 Å². The van der Waals surface area contributed by atoms with Crippen molar-refractivity contribution in [1.29, 1.82) is 0 Å². The standard InChI is InChI=1S/C28H20O10/c1-9-3-13(29)25-19(37-9)5-11-21(15(31)7-17(33)23(11)27(25)35)22-12-6-20-26(14(30)4-10(2)38-20)28(36)24(12)18(34)8-16(22)32/h3,5-8,10,29,32-36H,4H2,1-2H3/t10-/m1/s1. The first kappa shape index (κ1) is 23.3. The normalized spacial score (nSPS) is 15.2. The van der Waals surface area contributed by atoms with Gasteiger partial charge in [0.15, 0.2) is 11.2 Å². The Balaban J connectivity index is 1.83. The van der Waals surface area contributed by atoms with Gasteiger partial charge in [0.05, 0.1) is 10.8 Å². The van der Waals surface area contributed by atoms with Gasteiger partial charge in [0.2, 0.25) is 0 Å². The van der Waals surface area contributed by atoms with Gasteiger partial charge in [-0.05, 0) is 26.0 Å². The molecule has 0 saturated heterocycles. The maximum absolute atomic E-state index is 13.4. The summed E-state index contributed by atoms with van der Waals surface area (Å²) in [5, 5.41) is 64.2. The van der Waals surface area contributed by atoms with Crippen LogP contribution >= 0.6 is 0 Å². The summed E-state index contributed by atoms with van der Waals surface area (Å²) in [7, 11) is 0. The molecule has 0 radical (unpaired) electrons. The summed E-state index contributed by atoms with van der Waals surface area (Å²) in [6.07, 6.45) is -0.501. The molecule has 0 bridgehead atoms. The van der Waals surface area contributed by atoms with E-state index in [9.17, 15) is 40.2 Å². The zero-order valence-electron chi connectivity index (χ0n) is 20.0. The number of Topliss-reactive ketones (excluding diaryl/α,β-unsaturated/α-hetero) is 1. The Labute approximate surface area is 212 Å². The molecule has 10 heteroatoms. The van der Waals surface area contributed by atoms with Crippen LogP contribution in [0.5, 0.6) is 40.2 Å². The van der Waals surface area contributed by atoms with Crippen molar-refractivity contribution in [2.45, 2.75) is 26.4 Å². The average molecular weight is 516 g/mol. The van der Waals surface area contributed by atoms with Crippen molar-refractivity contribution in [2.24, 2.45) is 0 Å². The zero-order chi connectivity index (χ0) is 27.2. The van der Waals surface area contributed by atoms with E-state index < -0.39 is 46.1 Å². The molecular weight excluding hydrogens is 496 g/mol. The number of fused-ring (bicyclic) bond motifs is 4. The van der Waals surface area contributed by atoms with Gasteiger partial charge < -0.3 is 39.8 Å². The number of aromatic hydroxyl groups is 6. The SMILES string of the molecule is Cc1cc(O)c2c(O)c3c(O)cc(=O)c(-c4c(O)cc(O)c5c(O)c6c(cc45)O[C@H](C)CC6=O)c3cc2o1. The Morgan fingerprint density at radius 1 is 0.711 bits per heavy atom. The predicted octanol–water partition coefficient (Wildman–Crippen LogP) is 4.66. The Kier molecular flexibility index (Phi) is 4.71. The fourth-order valence-electron chi connectivity index (χ4n) is 5.32. The number of carbonyl (C=O) groups excluding carboxylic acids is 1. The van der Waals surface area contributed by atoms with Crippen LogP contribution in [-0.4, -0.2) is 42.5 Å². The zero-order valence-corrected chi connectivity index (χ0v) is 20.0. The average Bonchev–Trinajstić information content (AvgIpc) is 2.79. The van der Waals surface area contributed by atoms with E-state index in [1.807, 2.05) is 0 Å². The summed E-state index contributed by atoms with van der Waals surface area (Å²) in [5.74, 6) is -3.26. The first-order valence-corrected chi connectivity index (χ1v) is 11.6. The quantitative estimate of drug-likeness (QED) is 0.172. The number of phenols is 5. The van der Waals surface area contributed by atoms with E-state index in [-0.39, 0.29) is 67.1 Å². The molecule has 1 atom stereocenters. The molecule has 10 nitrogen and oxygen atoms in total. The molecule has 2 heterocycles. The van der Waals surface area contributed by atoms with E-state index in [4.69, 9.17) is 9.15 Å². The van der Waals surface area contributed by atoms with Gasteiger partial charge in [-0.3, -0.25) is 9.59 Å². The highest BCUT2D eigenvalue weighted by molar-refractivity contribution is 6.18. The summed E-state index contributed by atoms with van der Waals surface area (Å²) in [6, 6.07) is 5.70. The molecule has 0 spiro atoms. The molecule has 38 heavy (non-hydrogen) atoms. The van der Waals surface area contributed by atoms with Crippen molar-refractivity contribution in [2.75, 3.05) is 0 Å². The second-order valence-corrected chi connectivity index (χ2v) is 9.40. The summed E-state index contributed by atoms with van der Waals surface area (Å²) < 4.78 is 11.4. The molecular formula is C28H20O10. The van der Waals surface area contributed by atoms with Gasteiger partial charge in [0.1, 0.15) is 68.6 Å². The summed E-state index contributed by atoms with van der Waals surface area (Å²) in [4.78, 5) is 26.0. The van der Waals surface area contributed by atoms with Gasteiger partial charge in [0, 0.05) is 46.5 Å². The number of carbonyl (C=O) groups is 1. The number of hydrogen-bond donors (Lipinski definition) is 6. The lowest BCUT2D eigenvalue weighted by atomic mass is 9.88. The van der Waals surface area contributed by atoms with E-state index in [2.05, 4.69) is 0 Å². The van der Waals surface area contributed by atoms with E-state index >= 15 is 0 Å². The van der Waals surface area contributed by atoms with Crippen molar-refractivity contribution in [3.8, 4) is 51.4 Å². The fraction of sp³-hybridized carbons (Fsp3) is 0.143. The van der Waals surface area contributed by atoms with Gasteiger partial charge >= 0.3 is 0 Å². The maximum atomic E-state index is 13.4. The topological polar surface area (TPSA) is 178 Å². The molecule has 6 rings (SSSR count). The van der Waals surface area contributed by atoms with Crippen LogP contribution in [0.4, 0.5) is 0 Å². The van der Waals surface area contributed by atoms with Gasteiger partial charge in [-0.25, -0.2) is 0 Å². The molecule has 0 amide bonds. The monoisotopic (exact) mass is 516 g/mol. The van der Waals surface area contributed by atoms with Crippen LogP contribution in [0.2, 0.25) is 0 Å². The molecule has 0 saturated carbocycles. The van der Waals surface area contributed by atoms with Crippen LogP contribution in [0.25, 0.3) is 43.6 Å². The molecule has 0 aliphatic carbocycles. The second kappa shape index (κ2) is 7.69. The molecule has 6 N–H and O–H groups in total. The Morgan fingerprint density at radius 2 is 1.34 bits per heavy atom. The molecule has 0 unspecified atom stereocenters. The first-order valence-electron chi connectivity index (χ1n) is 11.6. The van der Waals surface area contributed by atoms with Crippen molar-refractivity contribution in [3.05, 3.63) is 51.9 Å². The van der Waals surface area contributed by atoms with Crippen LogP contribution < -0.4 is 10.2 Å². The fourth-order valence-corrected chi connectivity index (χ4v) is 5.32. The van der Waals surface area contributed by atoms with E-state index in [0.717, 1.165) is 12.1 Å². The van der Waals surface area contributed by atoms with E-state index in [1.54, 1.807) is 13.8 Å². The van der Waals surface area contributed by atoms with E-state index in [1.165, 1.54) is 18.2 Å². The number of rotatable bonds is 1. The van der Waals surface area contributed by atoms with Crippen molar-refractivity contribution in [1.82, 2.24) is 0 Å². The van der Waals surface area contributed by atoms with Gasteiger partial charge in [0.25, 0.3) is 0 Å². The number of ketones is 1. The van der Waals surface area contributed by atoms with Crippen LogP contribution in [-0.2, 0) is 0 Å². The smallest absolute Gasteiger partial charge is 0.190 e. The number of aryl methyl sites for hydroxylation is 1. The van der Waals surface area contributed by atoms with Crippen molar-refractivity contribution in [3.63, 3.8) is 0 Å². The molecule has 1 aliphatic heterocycles. The van der Waals surface area contributed by atoms with Gasteiger partial charge in [-0.2, -0.15) is 0 Å². The third-order valence-corrected chi connectivity index (χ3v) is 6.82. The van der Waals surface area contributed by atoms with Crippen LogP contribution in [0.15, 0.2) is 39.5 Å². The maximum Gasteiger partial charge on any atom is 0.190 e. The van der Waals surface area contributed by atoms with Crippen LogP contribution in [0.1, 0.15) is 29.5 Å². The summed E-state index contributed by atoms with van der Waals surface area (Å²) >= 11 is 0.